The molecule has 178 valence electrons. The van der Waals surface area contributed by atoms with Gasteiger partial charge in [-0.05, 0) is 0 Å². The van der Waals surface area contributed by atoms with Crippen molar-refractivity contribution in [2.45, 2.75) is 55.4 Å². The van der Waals surface area contributed by atoms with Gasteiger partial charge in [-0.15, -0.1) is 0 Å². The van der Waals surface area contributed by atoms with Crippen molar-refractivity contribution < 1.29 is 19.4 Å². The van der Waals surface area contributed by atoms with Gasteiger partial charge in [-0.2, -0.15) is 0 Å². The van der Waals surface area contributed by atoms with Crippen molar-refractivity contribution in [3.05, 3.63) is 115 Å². The van der Waals surface area contributed by atoms with Crippen molar-refractivity contribution in [3.8, 4) is 0 Å². The summed E-state index contributed by atoms with van der Waals surface area (Å²) in [6.45, 7) is 16.0. The first-order valence-electron chi connectivity index (χ1n) is 12.1. The zero-order valence-corrected chi connectivity index (χ0v) is 24.7. The van der Waals surface area contributed by atoms with Crippen LogP contribution >= 0.6 is 0 Å². The van der Waals surface area contributed by atoms with Crippen LogP contribution in [0, 0.1) is 6.20 Å². The molecule has 0 aliphatic carbocycles. The second-order valence-corrected chi connectivity index (χ2v) is 6.37. The van der Waals surface area contributed by atoms with Crippen LogP contribution in [0.5, 0.6) is 0 Å². The number of para-hydroxylation sites is 2. The molecule has 1 nitrogen and oxygen atoms in total. The quantitative estimate of drug-likeness (QED) is 0.152. The van der Waals surface area contributed by atoms with Crippen molar-refractivity contribution in [2.24, 2.45) is 0 Å². The van der Waals surface area contributed by atoms with Gasteiger partial charge < -0.3 is 0 Å². The number of benzene rings is 3. The zero-order valence-electron chi connectivity index (χ0n) is 21.7. The monoisotopic (exact) mass is 612 g/mol. The molecule has 0 amide bonds. The average molecular weight is 613 g/mol. The fraction of sp³-hybridized carbons (Fsp3) is 0.258. The Bertz CT molecular complexity index is 814. The molecule has 0 atom stereocenters. The molecule has 0 aliphatic heterocycles. The van der Waals surface area contributed by atoms with Crippen LogP contribution in [0.4, 0.5) is 11.4 Å². The van der Waals surface area contributed by atoms with Gasteiger partial charge in [0.15, 0.2) is 0 Å². The van der Waals surface area contributed by atoms with E-state index in [0.29, 0.717) is 0 Å². The summed E-state index contributed by atoms with van der Waals surface area (Å²) < 4.78 is 2.11. The van der Waals surface area contributed by atoms with Gasteiger partial charge in [-0.25, -0.2) is 0 Å². The SMILES string of the molecule is CC.CC.CC.CC.[W]=[CH]C=CC(=[C-]N(c1ccccc1)c1ccccc1)c1ccccc1. The Morgan fingerprint density at radius 1 is 0.606 bits per heavy atom. The Hall–Kier alpha value is -2.50. The third-order valence-electron chi connectivity index (χ3n) is 3.69. The fourth-order valence-electron chi connectivity index (χ4n) is 2.50. The van der Waals surface area contributed by atoms with E-state index in [1.165, 1.54) is 19.4 Å². The Balaban J connectivity index is 0. The Morgan fingerprint density at radius 3 is 1.33 bits per heavy atom. The van der Waals surface area contributed by atoms with E-state index in [1.807, 2.05) is 97.9 Å². The number of hydrogen-bond acceptors (Lipinski definition) is 1. The van der Waals surface area contributed by atoms with Crippen LogP contribution in [0.2, 0.25) is 0 Å². The van der Waals surface area contributed by atoms with Gasteiger partial charge in [0.25, 0.3) is 0 Å². The Kier molecular flexibility index (Phi) is 23.9. The Labute approximate surface area is 215 Å². The predicted octanol–water partition coefficient (Wildman–Crippen LogP) is 9.68. The van der Waals surface area contributed by atoms with Crippen molar-refractivity contribution in [3.63, 3.8) is 0 Å². The molecule has 0 radical (unpaired) electrons. The van der Waals surface area contributed by atoms with E-state index < -0.39 is 0 Å². The molecule has 2 heteroatoms. The van der Waals surface area contributed by atoms with Gasteiger partial charge in [-0.1, -0.05) is 55.4 Å². The third kappa shape index (κ3) is 13.0. The van der Waals surface area contributed by atoms with Gasteiger partial charge >= 0.3 is 161 Å². The predicted molar refractivity (Wildman–Crippen MR) is 149 cm³/mol. The number of hydrogen-bond donors (Lipinski definition) is 0. The average Bonchev–Trinajstić information content (AvgIpc) is 2.95. The zero-order chi connectivity index (χ0) is 25.3. The second kappa shape index (κ2) is 24.1. The van der Waals surface area contributed by atoms with Gasteiger partial charge in [0.05, 0.1) is 0 Å². The van der Waals surface area contributed by atoms with E-state index >= 15 is 0 Å². The first-order valence-corrected chi connectivity index (χ1v) is 13.8. The maximum atomic E-state index is 3.59. The molecule has 3 rings (SSSR count). The minimum atomic E-state index is 1.05. The number of anilines is 2. The van der Waals surface area contributed by atoms with E-state index in [9.17, 15) is 0 Å². The molecule has 0 aromatic heterocycles. The summed E-state index contributed by atoms with van der Waals surface area (Å²) in [6, 6.07) is 31.0. The summed E-state index contributed by atoms with van der Waals surface area (Å²) in [5.41, 5.74) is 4.36. The van der Waals surface area contributed by atoms with Crippen LogP contribution < -0.4 is 4.90 Å². The molecule has 0 aliphatic rings. The summed E-state index contributed by atoms with van der Waals surface area (Å²) in [6.07, 6.45) is 7.78. The van der Waals surface area contributed by atoms with Crippen LogP contribution in [0.15, 0.2) is 103 Å². The molecular weight excluding hydrogens is 570 g/mol. The van der Waals surface area contributed by atoms with Crippen molar-refractivity contribution >= 4 is 21.3 Å². The van der Waals surface area contributed by atoms with Gasteiger partial charge in [-0.3, -0.25) is 0 Å². The molecule has 0 bridgehead atoms. The molecule has 0 saturated heterocycles. The number of rotatable bonds is 6. The van der Waals surface area contributed by atoms with E-state index in [0.717, 1.165) is 22.5 Å². The molecule has 33 heavy (non-hydrogen) atoms. The van der Waals surface area contributed by atoms with Crippen molar-refractivity contribution in [2.75, 3.05) is 4.90 Å². The minimum absolute atomic E-state index is 1.05. The molecule has 0 spiro atoms. The van der Waals surface area contributed by atoms with Crippen LogP contribution in [-0.4, -0.2) is 4.40 Å². The van der Waals surface area contributed by atoms with E-state index in [4.69, 9.17) is 0 Å². The Morgan fingerprint density at radius 2 is 0.970 bits per heavy atom. The molecule has 3 aromatic carbocycles. The summed E-state index contributed by atoms with van der Waals surface area (Å²) >= 11 is 1.43. The van der Waals surface area contributed by atoms with Crippen molar-refractivity contribution in [1.29, 1.82) is 0 Å². The number of nitrogens with zero attached hydrogens (tertiary/aromatic N) is 1. The van der Waals surface area contributed by atoms with Gasteiger partial charge in [0, 0.05) is 0 Å². The fourth-order valence-corrected chi connectivity index (χ4v) is 2.79. The van der Waals surface area contributed by atoms with Gasteiger partial charge in [0.1, 0.15) is 0 Å². The third-order valence-corrected chi connectivity index (χ3v) is 4.25. The van der Waals surface area contributed by atoms with E-state index in [1.54, 1.807) is 0 Å². The summed E-state index contributed by atoms with van der Waals surface area (Å²) in [5.74, 6) is 0. The van der Waals surface area contributed by atoms with Crippen LogP contribution in [0.25, 0.3) is 5.57 Å². The normalized spacial score (nSPS) is 9.39. The number of allylic oxidation sites excluding steroid dienone is 3. The molecule has 0 N–H and O–H groups in total. The molecule has 0 heterocycles. The standard InChI is InChI=1S/C23H18N.4C2H6.W/c1-2-12-21(20-13-6-3-7-14-20)19-24(22-15-8-4-9-16-22)23-17-10-5-11-18-23;4*1-2;/h1-18H;4*1-2H3;/q-1;;;;;. The van der Waals surface area contributed by atoms with Crippen LogP contribution in [0.1, 0.15) is 61.0 Å². The molecular formula is C31H42NW-. The van der Waals surface area contributed by atoms with Crippen LogP contribution in [-0.2, 0) is 19.4 Å². The van der Waals surface area contributed by atoms with Gasteiger partial charge in [0.2, 0.25) is 0 Å². The molecule has 0 unspecified atom stereocenters. The maximum absolute atomic E-state index is 3.59. The summed E-state index contributed by atoms with van der Waals surface area (Å²) in [7, 11) is 0. The van der Waals surface area contributed by atoms with Crippen LogP contribution in [0.3, 0.4) is 0 Å². The molecule has 0 fully saturated rings. The summed E-state index contributed by atoms with van der Waals surface area (Å²) in [5, 5.41) is 0. The first kappa shape index (κ1) is 32.7. The molecule has 0 saturated carbocycles. The van der Waals surface area contributed by atoms with E-state index in [-0.39, 0.29) is 0 Å². The topological polar surface area (TPSA) is 3.24 Å². The van der Waals surface area contributed by atoms with E-state index in [2.05, 4.69) is 76.2 Å². The molecule has 3 aromatic rings. The first-order chi connectivity index (χ1) is 16.4. The second-order valence-electron chi connectivity index (χ2n) is 5.39. The van der Waals surface area contributed by atoms with Crippen molar-refractivity contribution in [1.82, 2.24) is 0 Å². The summed E-state index contributed by atoms with van der Waals surface area (Å²) in [4.78, 5) is 2.11.